The maximum atomic E-state index is 12.5. The average molecular weight is 198 g/mol. The lowest BCUT2D eigenvalue weighted by Crippen LogP contribution is -2.08. The van der Waals surface area contributed by atoms with E-state index in [0.717, 1.165) is 0 Å². The fraction of sp³-hybridized carbons (Fsp3) is 0.143. The fourth-order valence-electron chi connectivity index (χ4n) is 0.755. The Morgan fingerprint density at radius 2 is 1.54 bits per heavy atom. The number of halogens is 5. The minimum absolute atomic E-state index is 0.00463. The third-order valence-electron chi connectivity index (χ3n) is 1.34. The normalized spacial score (nSPS) is 11.8. The quantitative estimate of drug-likeness (QED) is 0.635. The Bertz CT molecular complexity index is 330. The van der Waals surface area contributed by atoms with Gasteiger partial charge in [-0.3, -0.25) is 0 Å². The maximum Gasteiger partial charge on any atom is 0.419 e. The van der Waals surface area contributed by atoms with Crippen molar-refractivity contribution in [2.75, 3.05) is 0 Å². The Labute approximate surface area is 69.4 Å². The average Bonchev–Trinajstić information content (AvgIpc) is 1.94. The first-order valence-electron chi connectivity index (χ1n) is 3.07. The highest BCUT2D eigenvalue weighted by Gasteiger charge is 2.35. The van der Waals surface area contributed by atoms with Crippen LogP contribution in [0.15, 0.2) is 12.1 Å². The molecule has 0 aliphatic rings. The maximum absolute atomic E-state index is 12.5. The van der Waals surface area contributed by atoms with Crippen molar-refractivity contribution in [3.8, 4) is 5.75 Å². The van der Waals surface area contributed by atoms with E-state index < -0.39 is 29.1 Å². The summed E-state index contributed by atoms with van der Waals surface area (Å²) >= 11 is 0. The second kappa shape index (κ2) is 2.86. The SMILES string of the molecule is Oc1cc(C(F)(F)F)c(F)cc1F. The van der Waals surface area contributed by atoms with Gasteiger partial charge in [0.1, 0.15) is 5.82 Å². The number of rotatable bonds is 0. The van der Waals surface area contributed by atoms with Gasteiger partial charge in [-0.1, -0.05) is 0 Å². The number of aromatic hydroxyl groups is 1. The van der Waals surface area contributed by atoms with Gasteiger partial charge in [-0.05, 0) is 6.07 Å². The van der Waals surface area contributed by atoms with E-state index >= 15 is 0 Å². The molecule has 1 aromatic carbocycles. The molecule has 0 aromatic heterocycles. The molecule has 6 heteroatoms. The summed E-state index contributed by atoms with van der Waals surface area (Å²) in [5.74, 6) is -4.40. The second-order valence-electron chi connectivity index (χ2n) is 2.28. The summed E-state index contributed by atoms with van der Waals surface area (Å²) in [6, 6.07) is -0.0111. The van der Waals surface area contributed by atoms with Crippen molar-refractivity contribution in [2.45, 2.75) is 6.18 Å². The zero-order valence-electron chi connectivity index (χ0n) is 5.99. The van der Waals surface area contributed by atoms with E-state index in [1.807, 2.05) is 0 Å². The zero-order valence-corrected chi connectivity index (χ0v) is 5.99. The molecule has 0 bridgehead atoms. The molecule has 0 fully saturated rings. The van der Waals surface area contributed by atoms with Crippen molar-refractivity contribution >= 4 is 0 Å². The molecule has 0 saturated heterocycles. The van der Waals surface area contributed by atoms with Crippen molar-refractivity contribution < 1.29 is 27.1 Å². The summed E-state index contributed by atoms with van der Waals surface area (Å²) in [6.45, 7) is 0. The van der Waals surface area contributed by atoms with Gasteiger partial charge < -0.3 is 5.11 Å². The van der Waals surface area contributed by atoms with Gasteiger partial charge in [0, 0.05) is 6.07 Å². The van der Waals surface area contributed by atoms with Gasteiger partial charge in [0.2, 0.25) is 0 Å². The molecular formula is C7H3F5O. The van der Waals surface area contributed by atoms with E-state index in [9.17, 15) is 22.0 Å². The molecule has 0 amide bonds. The van der Waals surface area contributed by atoms with Gasteiger partial charge >= 0.3 is 6.18 Å². The van der Waals surface area contributed by atoms with Crippen LogP contribution >= 0.6 is 0 Å². The molecule has 0 radical (unpaired) electrons. The van der Waals surface area contributed by atoms with Crippen LogP contribution in [0.25, 0.3) is 0 Å². The first-order valence-corrected chi connectivity index (χ1v) is 3.07. The topological polar surface area (TPSA) is 20.2 Å². The molecule has 0 heterocycles. The third-order valence-corrected chi connectivity index (χ3v) is 1.34. The number of hydrogen-bond acceptors (Lipinski definition) is 1. The Balaban J connectivity index is 3.32. The summed E-state index contributed by atoms with van der Waals surface area (Å²) in [6.07, 6.45) is -4.94. The molecule has 72 valence electrons. The molecule has 13 heavy (non-hydrogen) atoms. The predicted molar refractivity (Wildman–Crippen MR) is 33.0 cm³/mol. The van der Waals surface area contributed by atoms with Crippen molar-refractivity contribution in [1.82, 2.24) is 0 Å². The minimum atomic E-state index is -4.94. The molecule has 0 spiro atoms. The lowest BCUT2D eigenvalue weighted by molar-refractivity contribution is -0.140. The van der Waals surface area contributed by atoms with E-state index in [0.29, 0.717) is 0 Å². The van der Waals surface area contributed by atoms with Crippen LogP contribution < -0.4 is 0 Å². The number of hydrogen-bond donors (Lipinski definition) is 1. The molecular weight excluding hydrogens is 195 g/mol. The summed E-state index contributed by atoms with van der Waals surface area (Å²) < 4.78 is 60.4. The van der Waals surface area contributed by atoms with Crippen LogP contribution in [-0.4, -0.2) is 5.11 Å². The largest absolute Gasteiger partial charge is 0.505 e. The molecule has 1 aromatic rings. The molecule has 1 rings (SSSR count). The summed E-state index contributed by atoms with van der Waals surface area (Å²) in [7, 11) is 0. The lowest BCUT2D eigenvalue weighted by Gasteiger charge is -2.08. The van der Waals surface area contributed by atoms with Gasteiger partial charge in [0.05, 0.1) is 5.56 Å². The Kier molecular flexibility index (Phi) is 2.15. The molecule has 0 aliphatic heterocycles. The predicted octanol–water partition coefficient (Wildman–Crippen LogP) is 2.69. The highest BCUT2D eigenvalue weighted by atomic mass is 19.4. The number of benzene rings is 1. The molecule has 1 N–H and O–H groups in total. The third kappa shape index (κ3) is 1.88. The summed E-state index contributed by atoms with van der Waals surface area (Å²) in [4.78, 5) is 0. The minimum Gasteiger partial charge on any atom is -0.505 e. The molecule has 0 unspecified atom stereocenters. The highest BCUT2D eigenvalue weighted by Crippen LogP contribution is 2.34. The monoisotopic (exact) mass is 198 g/mol. The van der Waals surface area contributed by atoms with Crippen LogP contribution in [0.1, 0.15) is 5.56 Å². The van der Waals surface area contributed by atoms with Crippen molar-refractivity contribution in [3.05, 3.63) is 29.3 Å². The number of alkyl halides is 3. The summed E-state index contributed by atoms with van der Waals surface area (Å²) in [5.41, 5.74) is -1.69. The van der Waals surface area contributed by atoms with E-state index in [-0.39, 0.29) is 12.1 Å². The Morgan fingerprint density at radius 3 is 2.00 bits per heavy atom. The first-order chi connectivity index (χ1) is 5.82. The molecule has 1 nitrogen and oxygen atoms in total. The van der Waals surface area contributed by atoms with Crippen LogP contribution in [0, 0.1) is 11.6 Å². The van der Waals surface area contributed by atoms with Crippen molar-refractivity contribution in [2.24, 2.45) is 0 Å². The van der Waals surface area contributed by atoms with Gasteiger partial charge in [-0.15, -0.1) is 0 Å². The molecule has 0 saturated carbocycles. The first kappa shape index (κ1) is 9.76. The van der Waals surface area contributed by atoms with E-state index in [1.54, 1.807) is 0 Å². The fourth-order valence-corrected chi connectivity index (χ4v) is 0.755. The Hall–Kier alpha value is -1.33. The second-order valence-corrected chi connectivity index (χ2v) is 2.28. The smallest absolute Gasteiger partial charge is 0.419 e. The lowest BCUT2D eigenvalue weighted by atomic mass is 10.2. The van der Waals surface area contributed by atoms with Crippen LogP contribution in [0.3, 0.4) is 0 Å². The van der Waals surface area contributed by atoms with E-state index in [4.69, 9.17) is 5.11 Å². The van der Waals surface area contributed by atoms with Crippen LogP contribution in [0.2, 0.25) is 0 Å². The highest BCUT2D eigenvalue weighted by molar-refractivity contribution is 5.32. The van der Waals surface area contributed by atoms with E-state index in [1.165, 1.54) is 0 Å². The standard InChI is InChI=1S/C7H3F5O/c8-4-2-5(9)6(13)1-3(4)7(10,11)12/h1-2,13H. The number of phenols is 1. The Morgan fingerprint density at radius 1 is 1.00 bits per heavy atom. The molecule has 0 atom stereocenters. The van der Waals surface area contributed by atoms with Crippen LogP contribution in [0.5, 0.6) is 5.75 Å². The van der Waals surface area contributed by atoms with Gasteiger partial charge in [-0.25, -0.2) is 8.78 Å². The van der Waals surface area contributed by atoms with Crippen molar-refractivity contribution in [1.29, 1.82) is 0 Å². The van der Waals surface area contributed by atoms with Crippen molar-refractivity contribution in [3.63, 3.8) is 0 Å². The summed E-state index contributed by atoms with van der Waals surface area (Å²) in [5, 5.41) is 8.55. The van der Waals surface area contributed by atoms with Gasteiger partial charge in [0.25, 0.3) is 0 Å². The van der Waals surface area contributed by atoms with Crippen LogP contribution in [0.4, 0.5) is 22.0 Å². The molecule has 0 aliphatic carbocycles. The van der Waals surface area contributed by atoms with Gasteiger partial charge in [-0.2, -0.15) is 13.2 Å². The van der Waals surface area contributed by atoms with E-state index in [2.05, 4.69) is 0 Å². The van der Waals surface area contributed by atoms with Crippen LogP contribution in [-0.2, 0) is 6.18 Å². The zero-order chi connectivity index (χ0) is 10.2. The van der Waals surface area contributed by atoms with Gasteiger partial charge in [0.15, 0.2) is 11.6 Å². The number of phenolic OH excluding ortho intramolecular Hbond substituents is 1.